The molecule has 0 radical (unpaired) electrons. The normalized spacial score (nSPS) is 29.3. The van der Waals surface area contributed by atoms with Crippen molar-refractivity contribution < 1.29 is 14.7 Å². The third-order valence-corrected chi connectivity index (χ3v) is 5.51. The standard InChI is InChI=1S/C15H17NO3S/c17-12-7-4-8-13-16(12)14(15(18)19)11(20-13)9-10-5-2-1-3-6-10/h1-3,5-6,11,13-14H,4,7-9H2,(H,18,19). The number of carboxylic acids is 1. The van der Waals surface area contributed by atoms with Crippen molar-refractivity contribution in [2.45, 2.75) is 42.3 Å². The number of benzene rings is 1. The maximum atomic E-state index is 12.0. The van der Waals surface area contributed by atoms with E-state index in [2.05, 4.69) is 0 Å². The van der Waals surface area contributed by atoms with Gasteiger partial charge in [-0.25, -0.2) is 4.79 Å². The molecule has 1 amide bonds. The van der Waals surface area contributed by atoms with E-state index in [0.29, 0.717) is 12.8 Å². The zero-order valence-corrected chi connectivity index (χ0v) is 11.9. The summed E-state index contributed by atoms with van der Waals surface area (Å²) in [5.41, 5.74) is 1.13. The summed E-state index contributed by atoms with van der Waals surface area (Å²) in [6, 6.07) is 9.22. The van der Waals surface area contributed by atoms with Crippen molar-refractivity contribution in [2.75, 3.05) is 0 Å². The smallest absolute Gasteiger partial charge is 0.327 e. The minimum atomic E-state index is -0.879. The summed E-state index contributed by atoms with van der Waals surface area (Å²) in [6.07, 6.45) is 2.96. The number of amides is 1. The van der Waals surface area contributed by atoms with Crippen LogP contribution in [0.4, 0.5) is 0 Å². The van der Waals surface area contributed by atoms with Gasteiger partial charge in [0.1, 0.15) is 6.04 Å². The Morgan fingerprint density at radius 1 is 1.35 bits per heavy atom. The molecule has 2 saturated heterocycles. The number of hydrogen-bond acceptors (Lipinski definition) is 3. The first-order valence-electron chi connectivity index (χ1n) is 6.90. The Balaban J connectivity index is 1.83. The van der Waals surface area contributed by atoms with Crippen LogP contribution in [-0.2, 0) is 16.0 Å². The van der Waals surface area contributed by atoms with Crippen LogP contribution < -0.4 is 0 Å². The van der Waals surface area contributed by atoms with Crippen molar-refractivity contribution in [2.24, 2.45) is 0 Å². The number of thioether (sulfide) groups is 1. The molecular formula is C15H17NO3S. The van der Waals surface area contributed by atoms with Crippen LogP contribution in [0.5, 0.6) is 0 Å². The summed E-state index contributed by atoms with van der Waals surface area (Å²) in [5.74, 6) is -0.882. The summed E-state index contributed by atoms with van der Waals surface area (Å²) >= 11 is 1.65. The Morgan fingerprint density at radius 2 is 2.10 bits per heavy atom. The van der Waals surface area contributed by atoms with Crippen LogP contribution in [0.3, 0.4) is 0 Å². The van der Waals surface area contributed by atoms with Gasteiger partial charge in [-0.2, -0.15) is 0 Å². The molecular weight excluding hydrogens is 274 g/mol. The maximum absolute atomic E-state index is 12.0. The van der Waals surface area contributed by atoms with E-state index in [1.54, 1.807) is 16.7 Å². The number of carboxylic acid groups (broad SMARTS) is 1. The van der Waals surface area contributed by atoms with E-state index in [1.807, 2.05) is 30.3 Å². The van der Waals surface area contributed by atoms with E-state index < -0.39 is 12.0 Å². The van der Waals surface area contributed by atoms with Crippen molar-refractivity contribution in [1.82, 2.24) is 4.90 Å². The number of carbonyl (C=O) groups excluding carboxylic acids is 1. The van der Waals surface area contributed by atoms with Gasteiger partial charge >= 0.3 is 5.97 Å². The molecule has 0 bridgehead atoms. The van der Waals surface area contributed by atoms with Crippen LogP contribution in [0, 0.1) is 0 Å². The van der Waals surface area contributed by atoms with Gasteiger partial charge in [0.25, 0.3) is 0 Å². The van der Waals surface area contributed by atoms with Gasteiger partial charge in [-0.15, -0.1) is 11.8 Å². The van der Waals surface area contributed by atoms with E-state index in [9.17, 15) is 14.7 Å². The number of aliphatic carboxylic acids is 1. The molecule has 3 unspecified atom stereocenters. The number of fused-ring (bicyclic) bond motifs is 1. The monoisotopic (exact) mass is 291 g/mol. The molecule has 106 valence electrons. The Labute approximate surface area is 122 Å². The molecule has 2 aliphatic rings. The minimum Gasteiger partial charge on any atom is -0.480 e. The van der Waals surface area contributed by atoms with Gasteiger partial charge in [0, 0.05) is 11.7 Å². The van der Waals surface area contributed by atoms with Crippen molar-refractivity contribution in [3.8, 4) is 0 Å². The van der Waals surface area contributed by atoms with Gasteiger partial charge in [0.05, 0.1) is 5.37 Å². The predicted octanol–water partition coefficient (Wildman–Crippen LogP) is 2.14. The highest BCUT2D eigenvalue weighted by Crippen LogP contribution is 2.42. The lowest BCUT2D eigenvalue weighted by molar-refractivity contribution is -0.151. The minimum absolute atomic E-state index is 0.00304. The zero-order chi connectivity index (χ0) is 14.1. The summed E-state index contributed by atoms with van der Waals surface area (Å²) < 4.78 is 0. The lowest BCUT2D eigenvalue weighted by Crippen LogP contribution is -2.49. The van der Waals surface area contributed by atoms with Gasteiger partial charge in [0.2, 0.25) is 5.91 Å². The van der Waals surface area contributed by atoms with Crippen molar-refractivity contribution in [1.29, 1.82) is 0 Å². The number of carbonyl (C=O) groups is 2. The number of hydrogen-bond donors (Lipinski definition) is 1. The predicted molar refractivity (Wildman–Crippen MR) is 77.4 cm³/mol. The lowest BCUT2D eigenvalue weighted by atomic mass is 10.0. The molecule has 0 aliphatic carbocycles. The van der Waals surface area contributed by atoms with Gasteiger partial charge in [-0.1, -0.05) is 30.3 Å². The fourth-order valence-corrected chi connectivity index (χ4v) is 4.84. The summed E-state index contributed by atoms with van der Waals surface area (Å²) in [7, 11) is 0. The largest absolute Gasteiger partial charge is 0.480 e. The second kappa shape index (κ2) is 5.48. The maximum Gasteiger partial charge on any atom is 0.327 e. The van der Waals surface area contributed by atoms with Gasteiger partial charge < -0.3 is 10.0 Å². The molecule has 0 saturated carbocycles. The molecule has 2 fully saturated rings. The summed E-state index contributed by atoms with van der Waals surface area (Å²) in [4.78, 5) is 25.2. The molecule has 2 heterocycles. The molecule has 3 atom stereocenters. The Morgan fingerprint density at radius 3 is 2.80 bits per heavy atom. The van der Waals surface area contributed by atoms with Crippen LogP contribution in [0.15, 0.2) is 30.3 Å². The number of rotatable bonds is 3. The van der Waals surface area contributed by atoms with Crippen LogP contribution in [-0.4, -0.2) is 38.5 Å². The second-order valence-corrected chi connectivity index (χ2v) is 6.72. The second-order valence-electron chi connectivity index (χ2n) is 5.30. The fourth-order valence-electron chi connectivity index (χ4n) is 3.06. The first-order chi connectivity index (χ1) is 9.66. The zero-order valence-electron chi connectivity index (χ0n) is 11.1. The van der Waals surface area contributed by atoms with Crippen LogP contribution in [0.25, 0.3) is 0 Å². The van der Waals surface area contributed by atoms with Crippen LogP contribution >= 0.6 is 11.8 Å². The highest BCUT2D eigenvalue weighted by Gasteiger charge is 2.49. The van der Waals surface area contributed by atoms with E-state index in [1.165, 1.54) is 0 Å². The first kappa shape index (κ1) is 13.5. The highest BCUT2D eigenvalue weighted by atomic mass is 32.2. The molecule has 0 spiro atoms. The van der Waals surface area contributed by atoms with E-state index in [-0.39, 0.29) is 16.5 Å². The van der Waals surface area contributed by atoms with Crippen molar-refractivity contribution >= 4 is 23.6 Å². The van der Waals surface area contributed by atoms with Crippen LogP contribution in [0.1, 0.15) is 24.8 Å². The van der Waals surface area contributed by atoms with Gasteiger partial charge in [-0.3, -0.25) is 4.79 Å². The van der Waals surface area contributed by atoms with Gasteiger partial charge in [0.15, 0.2) is 0 Å². The Kier molecular flexibility index (Phi) is 3.70. The molecule has 2 aliphatic heterocycles. The van der Waals surface area contributed by atoms with E-state index in [0.717, 1.165) is 18.4 Å². The van der Waals surface area contributed by atoms with Crippen LogP contribution in [0.2, 0.25) is 0 Å². The fraction of sp³-hybridized carbons (Fsp3) is 0.467. The molecule has 3 rings (SSSR count). The molecule has 20 heavy (non-hydrogen) atoms. The van der Waals surface area contributed by atoms with E-state index >= 15 is 0 Å². The average Bonchev–Trinajstić information content (AvgIpc) is 2.79. The summed E-state index contributed by atoms with van der Waals surface area (Å²) in [5, 5.41) is 9.50. The van der Waals surface area contributed by atoms with Crippen molar-refractivity contribution in [3.05, 3.63) is 35.9 Å². The molecule has 4 nitrogen and oxygen atoms in total. The number of piperidine rings is 1. The van der Waals surface area contributed by atoms with Crippen molar-refractivity contribution in [3.63, 3.8) is 0 Å². The SMILES string of the molecule is O=C(O)C1C(Cc2ccccc2)SC2CCCC(=O)N21. The first-order valence-corrected chi connectivity index (χ1v) is 7.84. The summed E-state index contributed by atoms with van der Waals surface area (Å²) in [6.45, 7) is 0. The topological polar surface area (TPSA) is 57.6 Å². The molecule has 1 aromatic carbocycles. The average molecular weight is 291 g/mol. The lowest BCUT2D eigenvalue weighted by Gasteiger charge is -2.31. The molecule has 1 aromatic rings. The Bertz CT molecular complexity index is 519. The quantitative estimate of drug-likeness (QED) is 0.927. The molecule has 0 aromatic heterocycles. The molecule has 1 N–H and O–H groups in total. The third-order valence-electron chi connectivity index (χ3n) is 3.96. The number of nitrogens with zero attached hydrogens (tertiary/aromatic N) is 1. The van der Waals surface area contributed by atoms with E-state index in [4.69, 9.17) is 0 Å². The molecule has 5 heteroatoms. The Hall–Kier alpha value is -1.49. The third kappa shape index (κ3) is 2.42. The van der Waals surface area contributed by atoms with Gasteiger partial charge in [-0.05, 0) is 24.8 Å². The highest BCUT2D eigenvalue weighted by molar-refractivity contribution is 8.00.